The van der Waals surface area contributed by atoms with Gasteiger partial charge in [-0.1, -0.05) is 61.0 Å². The van der Waals surface area contributed by atoms with E-state index < -0.39 is 5.97 Å². The number of imidazole rings is 1. The van der Waals surface area contributed by atoms with Crippen LogP contribution in [0.4, 0.5) is 0 Å². The number of carboxylic acids is 1. The standard InChI is InChI=1S/C21H24BrN3O2/c1-2-3-4-5-6-7-13-25-19-14-15(22)11-12-16(19)24-20(25)17-9-8-10-18(23-17)21(26)27/h8-12,14H,2-7,13H2,1H3,(H,26,27). The van der Waals surface area contributed by atoms with Crippen LogP contribution >= 0.6 is 15.9 Å². The Kier molecular flexibility index (Phi) is 6.61. The summed E-state index contributed by atoms with van der Waals surface area (Å²) in [6.45, 7) is 3.06. The summed E-state index contributed by atoms with van der Waals surface area (Å²) in [6.07, 6.45) is 7.30. The van der Waals surface area contributed by atoms with Crippen LogP contribution in [0.5, 0.6) is 0 Å². The van der Waals surface area contributed by atoms with Crippen molar-refractivity contribution < 1.29 is 9.90 Å². The molecular formula is C21H24BrN3O2. The number of fused-ring (bicyclic) bond motifs is 1. The lowest BCUT2D eigenvalue weighted by molar-refractivity contribution is 0.0690. The molecule has 142 valence electrons. The molecule has 0 atom stereocenters. The Morgan fingerprint density at radius 1 is 1.07 bits per heavy atom. The summed E-state index contributed by atoms with van der Waals surface area (Å²) >= 11 is 3.54. The quantitative estimate of drug-likeness (QED) is 0.428. The topological polar surface area (TPSA) is 68.0 Å². The van der Waals surface area contributed by atoms with Crippen molar-refractivity contribution in [3.05, 3.63) is 46.6 Å². The number of aromatic carboxylic acids is 1. The lowest BCUT2D eigenvalue weighted by atomic mass is 10.1. The molecule has 1 N–H and O–H groups in total. The van der Waals surface area contributed by atoms with Crippen LogP contribution < -0.4 is 0 Å². The van der Waals surface area contributed by atoms with Gasteiger partial charge in [-0.2, -0.15) is 0 Å². The minimum absolute atomic E-state index is 0.0341. The number of pyridine rings is 1. The van der Waals surface area contributed by atoms with E-state index >= 15 is 0 Å². The average Bonchev–Trinajstić information content (AvgIpc) is 3.02. The minimum atomic E-state index is -1.03. The summed E-state index contributed by atoms with van der Waals surface area (Å²) in [6, 6.07) is 11.0. The van der Waals surface area contributed by atoms with Gasteiger partial charge in [0.25, 0.3) is 0 Å². The summed E-state index contributed by atoms with van der Waals surface area (Å²) in [4.78, 5) is 20.3. The van der Waals surface area contributed by atoms with Gasteiger partial charge in [0, 0.05) is 11.0 Å². The minimum Gasteiger partial charge on any atom is -0.477 e. The van der Waals surface area contributed by atoms with Gasteiger partial charge < -0.3 is 9.67 Å². The molecule has 0 saturated carbocycles. The van der Waals surface area contributed by atoms with Gasteiger partial charge in [-0.15, -0.1) is 0 Å². The Bertz CT molecular complexity index is 936. The smallest absolute Gasteiger partial charge is 0.354 e. The maximum absolute atomic E-state index is 11.3. The first kappa shape index (κ1) is 19.5. The molecule has 0 bridgehead atoms. The van der Waals surface area contributed by atoms with E-state index in [0.29, 0.717) is 5.69 Å². The van der Waals surface area contributed by atoms with Crippen molar-refractivity contribution in [3.8, 4) is 11.5 Å². The summed E-state index contributed by atoms with van der Waals surface area (Å²) < 4.78 is 3.16. The zero-order chi connectivity index (χ0) is 19.2. The number of unbranched alkanes of at least 4 members (excludes halogenated alkanes) is 5. The van der Waals surface area contributed by atoms with Crippen LogP contribution in [-0.4, -0.2) is 25.6 Å². The highest BCUT2D eigenvalue weighted by Crippen LogP contribution is 2.27. The summed E-state index contributed by atoms with van der Waals surface area (Å²) in [7, 11) is 0. The zero-order valence-corrected chi connectivity index (χ0v) is 17.1. The van der Waals surface area contributed by atoms with Crippen LogP contribution in [0.2, 0.25) is 0 Å². The van der Waals surface area contributed by atoms with Gasteiger partial charge >= 0.3 is 5.97 Å². The molecule has 6 heteroatoms. The van der Waals surface area contributed by atoms with Gasteiger partial charge in [-0.3, -0.25) is 0 Å². The van der Waals surface area contributed by atoms with Crippen molar-refractivity contribution in [3.63, 3.8) is 0 Å². The zero-order valence-electron chi connectivity index (χ0n) is 15.5. The van der Waals surface area contributed by atoms with Crippen LogP contribution in [0.3, 0.4) is 0 Å². The van der Waals surface area contributed by atoms with Gasteiger partial charge in [0.05, 0.1) is 11.0 Å². The number of nitrogens with zero attached hydrogens (tertiary/aromatic N) is 3. The molecule has 0 unspecified atom stereocenters. The monoisotopic (exact) mass is 429 g/mol. The van der Waals surface area contributed by atoms with E-state index in [4.69, 9.17) is 4.98 Å². The second-order valence-corrected chi connectivity index (χ2v) is 7.62. The first-order chi connectivity index (χ1) is 13.1. The molecule has 5 nitrogen and oxygen atoms in total. The number of rotatable bonds is 9. The predicted octanol–water partition coefficient (Wildman–Crippen LogP) is 5.92. The molecule has 1 aromatic carbocycles. The molecule has 0 aliphatic heterocycles. The molecule has 0 fully saturated rings. The van der Waals surface area contributed by atoms with E-state index in [2.05, 4.69) is 38.5 Å². The Morgan fingerprint density at radius 3 is 2.63 bits per heavy atom. The third-order valence-electron chi connectivity index (χ3n) is 4.64. The Morgan fingerprint density at radius 2 is 1.85 bits per heavy atom. The van der Waals surface area contributed by atoms with Crippen molar-refractivity contribution in [2.24, 2.45) is 0 Å². The second-order valence-electron chi connectivity index (χ2n) is 6.70. The van der Waals surface area contributed by atoms with E-state index in [0.717, 1.165) is 34.3 Å². The molecule has 3 rings (SSSR count). The van der Waals surface area contributed by atoms with Crippen molar-refractivity contribution in [1.29, 1.82) is 0 Å². The highest BCUT2D eigenvalue weighted by Gasteiger charge is 2.15. The third-order valence-corrected chi connectivity index (χ3v) is 5.14. The number of aromatic nitrogens is 3. The molecule has 0 saturated heterocycles. The number of carbonyl (C=O) groups is 1. The molecule has 2 aromatic heterocycles. The number of hydrogen-bond donors (Lipinski definition) is 1. The van der Waals surface area contributed by atoms with E-state index in [1.165, 1.54) is 38.2 Å². The second kappa shape index (κ2) is 9.13. The van der Waals surface area contributed by atoms with Gasteiger partial charge in [0.1, 0.15) is 11.4 Å². The van der Waals surface area contributed by atoms with Crippen LogP contribution in [0, 0.1) is 0 Å². The summed E-state index contributed by atoms with van der Waals surface area (Å²) in [5.74, 6) is -0.307. The van der Waals surface area contributed by atoms with Crippen molar-refractivity contribution in [2.45, 2.75) is 52.0 Å². The summed E-state index contributed by atoms with van der Waals surface area (Å²) in [5, 5.41) is 9.25. The van der Waals surface area contributed by atoms with E-state index in [1.807, 2.05) is 18.2 Å². The normalized spacial score (nSPS) is 11.2. The van der Waals surface area contributed by atoms with Crippen molar-refractivity contribution >= 4 is 32.9 Å². The van der Waals surface area contributed by atoms with E-state index in [1.54, 1.807) is 6.07 Å². The molecule has 2 heterocycles. The molecule has 0 radical (unpaired) electrons. The lowest BCUT2D eigenvalue weighted by Gasteiger charge is -2.09. The maximum atomic E-state index is 11.3. The van der Waals surface area contributed by atoms with Crippen molar-refractivity contribution in [2.75, 3.05) is 0 Å². The number of carboxylic acid groups (broad SMARTS) is 1. The first-order valence-corrected chi connectivity index (χ1v) is 10.3. The fourth-order valence-corrected chi connectivity index (χ4v) is 3.60. The van der Waals surface area contributed by atoms with Gasteiger partial charge in [-0.05, 0) is 36.8 Å². The number of halogens is 1. The lowest BCUT2D eigenvalue weighted by Crippen LogP contribution is -2.05. The van der Waals surface area contributed by atoms with Crippen molar-refractivity contribution in [1.82, 2.24) is 14.5 Å². The first-order valence-electron chi connectivity index (χ1n) is 9.46. The SMILES string of the molecule is CCCCCCCCn1c(-c2cccc(C(=O)O)n2)nc2ccc(Br)cc21. The number of benzene rings is 1. The van der Waals surface area contributed by atoms with Crippen LogP contribution in [0.1, 0.15) is 55.9 Å². The molecule has 0 aliphatic rings. The highest BCUT2D eigenvalue weighted by molar-refractivity contribution is 9.10. The van der Waals surface area contributed by atoms with Crippen LogP contribution in [-0.2, 0) is 6.54 Å². The number of aryl methyl sites for hydroxylation is 1. The van der Waals surface area contributed by atoms with Gasteiger partial charge in [0.2, 0.25) is 0 Å². The van der Waals surface area contributed by atoms with Gasteiger partial charge in [0.15, 0.2) is 5.82 Å². The van der Waals surface area contributed by atoms with Crippen LogP contribution in [0.25, 0.3) is 22.6 Å². The van der Waals surface area contributed by atoms with Gasteiger partial charge in [-0.25, -0.2) is 14.8 Å². The largest absolute Gasteiger partial charge is 0.477 e. The molecular weight excluding hydrogens is 406 g/mol. The molecule has 27 heavy (non-hydrogen) atoms. The highest BCUT2D eigenvalue weighted by atomic mass is 79.9. The summed E-state index contributed by atoms with van der Waals surface area (Å²) in [5.41, 5.74) is 2.55. The van der Waals surface area contributed by atoms with E-state index in [9.17, 15) is 9.90 Å². The maximum Gasteiger partial charge on any atom is 0.354 e. The predicted molar refractivity (Wildman–Crippen MR) is 111 cm³/mol. The molecule has 3 aromatic rings. The fraction of sp³-hybridized carbons (Fsp3) is 0.381. The number of hydrogen-bond acceptors (Lipinski definition) is 3. The van der Waals surface area contributed by atoms with Crippen LogP contribution in [0.15, 0.2) is 40.9 Å². The molecule has 0 spiro atoms. The third kappa shape index (κ3) is 4.75. The Hall–Kier alpha value is -2.21. The average molecular weight is 430 g/mol. The van der Waals surface area contributed by atoms with E-state index in [-0.39, 0.29) is 5.69 Å². The fourth-order valence-electron chi connectivity index (χ4n) is 3.25. The molecule has 0 amide bonds. The Balaban J connectivity index is 1.92. The molecule has 0 aliphatic carbocycles. The Labute approximate surface area is 167 Å².